The number of ether oxygens (including phenoxy) is 1. The first kappa shape index (κ1) is 26.2. The molecule has 2 heterocycles. The third-order valence-electron chi connectivity index (χ3n) is 5.75. The molecule has 1 aliphatic rings. The number of nitrogens with zero attached hydrogens (tertiary/aromatic N) is 3. The van der Waals surface area contributed by atoms with Crippen molar-refractivity contribution in [1.82, 2.24) is 4.98 Å². The van der Waals surface area contributed by atoms with Crippen LogP contribution in [0.5, 0.6) is 5.75 Å². The fourth-order valence-corrected chi connectivity index (χ4v) is 4.72. The Morgan fingerprint density at radius 2 is 2.00 bits per heavy atom. The van der Waals surface area contributed by atoms with Crippen molar-refractivity contribution in [2.24, 2.45) is 16.6 Å². The van der Waals surface area contributed by atoms with E-state index in [-0.39, 0.29) is 27.9 Å². The molecule has 0 aliphatic carbocycles. The molecule has 1 unspecified atom stereocenters. The summed E-state index contributed by atoms with van der Waals surface area (Å²) in [6.45, 7) is 3.28. The summed E-state index contributed by atoms with van der Waals surface area (Å²) in [6, 6.07) is 6.34. The van der Waals surface area contributed by atoms with Crippen molar-refractivity contribution in [1.29, 1.82) is 5.26 Å². The molecule has 13 heteroatoms. The van der Waals surface area contributed by atoms with E-state index in [9.17, 15) is 32.0 Å². The van der Waals surface area contributed by atoms with Crippen LogP contribution in [0.2, 0.25) is 0 Å². The topological polar surface area (TPSA) is 113 Å². The molecule has 7 nitrogen and oxygen atoms in total. The number of carbonyl (C=O) groups is 1. The normalized spacial score (nSPS) is 24.3. The van der Waals surface area contributed by atoms with Crippen LogP contribution in [0.4, 0.5) is 27.6 Å². The Hall–Kier alpha value is -3.40. The number of pyridine rings is 1. The number of amidine groups is 1. The maximum atomic E-state index is 14.9. The summed E-state index contributed by atoms with van der Waals surface area (Å²) in [4.78, 5) is 20.6. The number of hydrogen-bond donors (Lipinski definition) is 2. The van der Waals surface area contributed by atoms with Gasteiger partial charge in [0.05, 0.1) is 17.8 Å². The Balaban J connectivity index is 1.89. The van der Waals surface area contributed by atoms with Crippen LogP contribution in [0.15, 0.2) is 35.5 Å². The van der Waals surface area contributed by atoms with Gasteiger partial charge in [0.25, 0.3) is 5.91 Å². The fraction of sp³-hybridized carbons (Fsp3) is 0.364. The quantitative estimate of drug-likeness (QED) is 0.558. The molecule has 0 radical (unpaired) electrons. The monoisotopic (exact) mass is 513 g/mol. The number of carbonyl (C=O) groups excluding carboxylic acids is 1. The molecule has 1 aliphatic heterocycles. The van der Waals surface area contributed by atoms with Crippen LogP contribution in [0.3, 0.4) is 0 Å². The highest BCUT2D eigenvalue weighted by Crippen LogP contribution is 2.50. The highest BCUT2D eigenvalue weighted by atomic mass is 32.2. The largest absolute Gasteiger partial charge is 0.483 e. The summed E-state index contributed by atoms with van der Waals surface area (Å²) in [5.41, 5.74) is 3.93. The SMILES string of the molecule is CC1[C@@](C)(C#N)SC(N)=N[C@]1(C)c1cc(NC(=O)c2ccc(OCC(F)(F)F)cn2)cc(F)c1F. The molecule has 1 amide bonds. The first-order chi connectivity index (χ1) is 16.2. The molecule has 3 rings (SSSR count). The minimum Gasteiger partial charge on any atom is -0.483 e. The van der Waals surface area contributed by atoms with Gasteiger partial charge in [-0.25, -0.2) is 13.8 Å². The molecule has 1 aromatic heterocycles. The van der Waals surface area contributed by atoms with Gasteiger partial charge in [-0.3, -0.25) is 9.79 Å². The summed E-state index contributed by atoms with van der Waals surface area (Å²) in [7, 11) is 0. The van der Waals surface area contributed by atoms with Crippen LogP contribution in [-0.2, 0) is 5.54 Å². The first-order valence-electron chi connectivity index (χ1n) is 10.1. The number of amides is 1. The van der Waals surface area contributed by atoms with Crippen molar-refractivity contribution in [2.75, 3.05) is 11.9 Å². The highest BCUT2D eigenvalue weighted by molar-refractivity contribution is 8.15. The Bertz CT molecular complexity index is 1210. The maximum Gasteiger partial charge on any atom is 0.422 e. The van der Waals surface area contributed by atoms with E-state index in [1.165, 1.54) is 13.0 Å². The molecular weight excluding hydrogens is 493 g/mol. The Morgan fingerprint density at radius 3 is 2.57 bits per heavy atom. The summed E-state index contributed by atoms with van der Waals surface area (Å²) in [6.07, 6.45) is -3.61. The number of halogens is 5. The standard InChI is InChI=1S/C22H20F5N5O2S/c1-11-20(2,9-28)35-19(29)32-21(11,3)14-6-12(7-15(23)17(14)24)31-18(33)16-5-4-13(8-30-16)34-10-22(25,26)27/h4-8,11H,10H2,1-3H3,(H2,29,32)(H,31,33)/t11?,20-,21+/m1/s1. The average Bonchev–Trinajstić information content (AvgIpc) is 2.78. The molecule has 35 heavy (non-hydrogen) atoms. The van der Waals surface area contributed by atoms with Gasteiger partial charge in [0.1, 0.15) is 16.2 Å². The molecule has 3 atom stereocenters. The van der Waals surface area contributed by atoms with Crippen LogP contribution in [-0.4, -0.2) is 33.6 Å². The van der Waals surface area contributed by atoms with Crippen molar-refractivity contribution in [3.8, 4) is 11.8 Å². The number of hydrogen-bond acceptors (Lipinski definition) is 7. The van der Waals surface area contributed by atoms with E-state index in [2.05, 4.69) is 26.1 Å². The van der Waals surface area contributed by atoms with Gasteiger partial charge in [-0.1, -0.05) is 18.7 Å². The van der Waals surface area contributed by atoms with E-state index < -0.39 is 46.5 Å². The second-order valence-electron chi connectivity index (χ2n) is 8.20. The van der Waals surface area contributed by atoms with Crippen molar-refractivity contribution in [2.45, 2.75) is 37.2 Å². The Kier molecular flexibility index (Phi) is 6.99. The molecular formula is C22H20F5N5O2S. The minimum absolute atomic E-state index is 0.0286. The van der Waals surface area contributed by atoms with Gasteiger partial charge in [0, 0.05) is 23.2 Å². The second-order valence-corrected chi connectivity index (χ2v) is 9.67. The van der Waals surface area contributed by atoms with Crippen LogP contribution >= 0.6 is 11.8 Å². The smallest absolute Gasteiger partial charge is 0.422 e. The van der Waals surface area contributed by atoms with E-state index >= 15 is 0 Å². The lowest BCUT2D eigenvalue weighted by Crippen LogP contribution is -2.48. The van der Waals surface area contributed by atoms with Gasteiger partial charge >= 0.3 is 6.18 Å². The molecule has 0 bridgehead atoms. The predicted octanol–water partition coefficient (Wildman–Crippen LogP) is 4.75. The van der Waals surface area contributed by atoms with Gasteiger partial charge in [0.15, 0.2) is 23.4 Å². The zero-order chi connectivity index (χ0) is 26.2. The Morgan fingerprint density at radius 1 is 1.31 bits per heavy atom. The number of anilines is 1. The number of alkyl halides is 3. The van der Waals surface area contributed by atoms with Crippen LogP contribution in [0.25, 0.3) is 0 Å². The summed E-state index contributed by atoms with van der Waals surface area (Å²) < 4.78 is 69.7. The van der Waals surface area contributed by atoms with Crippen molar-refractivity contribution in [3.63, 3.8) is 0 Å². The van der Waals surface area contributed by atoms with E-state index in [1.54, 1.807) is 13.8 Å². The molecule has 0 saturated carbocycles. The number of rotatable bonds is 5. The molecule has 1 aromatic carbocycles. The third kappa shape index (κ3) is 5.48. The van der Waals surface area contributed by atoms with Crippen molar-refractivity contribution in [3.05, 3.63) is 53.4 Å². The average molecular weight is 513 g/mol. The molecule has 0 spiro atoms. The van der Waals surface area contributed by atoms with Crippen molar-refractivity contribution >= 4 is 28.5 Å². The number of thioether (sulfide) groups is 1. The zero-order valence-electron chi connectivity index (χ0n) is 18.7. The molecule has 2 aromatic rings. The lowest BCUT2D eigenvalue weighted by Gasteiger charge is -2.43. The van der Waals surface area contributed by atoms with Gasteiger partial charge in [0.2, 0.25) is 0 Å². The third-order valence-corrected chi connectivity index (χ3v) is 6.92. The highest BCUT2D eigenvalue weighted by Gasteiger charge is 2.50. The number of benzene rings is 1. The maximum absolute atomic E-state index is 14.9. The van der Waals surface area contributed by atoms with E-state index in [4.69, 9.17) is 5.73 Å². The fourth-order valence-electron chi connectivity index (χ4n) is 3.59. The van der Waals surface area contributed by atoms with E-state index in [0.29, 0.717) is 0 Å². The van der Waals surface area contributed by atoms with E-state index in [0.717, 1.165) is 36.2 Å². The molecule has 0 saturated heterocycles. The molecule has 0 fully saturated rings. The minimum atomic E-state index is -4.54. The number of aromatic nitrogens is 1. The lowest BCUT2D eigenvalue weighted by atomic mass is 9.74. The zero-order valence-corrected chi connectivity index (χ0v) is 19.5. The summed E-state index contributed by atoms with van der Waals surface area (Å²) >= 11 is 1.02. The van der Waals surface area contributed by atoms with Crippen LogP contribution in [0, 0.1) is 28.9 Å². The van der Waals surface area contributed by atoms with Gasteiger partial charge in [-0.05, 0) is 32.0 Å². The van der Waals surface area contributed by atoms with Crippen molar-refractivity contribution < 1.29 is 31.5 Å². The first-order valence-corrected chi connectivity index (χ1v) is 10.9. The Labute approximate surface area is 201 Å². The molecule has 186 valence electrons. The lowest BCUT2D eigenvalue weighted by molar-refractivity contribution is -0.153. The number of nitriles is 1. The number of aliphatic imine (C=N–C) groups is 1. The van der Waals surface area contributed by atoms with E-state index in [1.807, 2.05) is 0 Å². The van der Waals surface area contributed by atoms with Gasteiger partial charge in [-0.15, -0.1) is 0 Å². The van der Waals surface area contributed by atoms with Gasteiger partial charge in [-0.2, -0.15) is 18.4 Å². The number of nitrogens with one attached hydrogen (secondary N) is 1. The summed E-state index contributed by atoms with van der Waals surface area (Å²) in [5.74, 6) is -4.11. The second kappa shape index (κ2) is 9.33. The van der Waals surface area contributed by atoms with Crippen LogP contribution in [0.1, 0.15) is 36.8 Å². The predicted molar refractivity (Wildman–Crippen MR) is 120 cm³/mol. The number of nitrogens with two attached hydrogens (primary N) is 1. The van der Waals surface area contributed by atoms with Crippen LogP contribution < -0.4 is 15.8 Å². The van der Waals surface area contributed by atoms with Gasteiger partial charge < -0.3 is 15.8 Å². The summed E-state index contributed by atoms with van der Waals surface area (Å²) in [5, 5.41) is 12.1. The molecule has 3 N–H and O–H groups in total.